The van der Waals surface area contributed by atoms with Crippen LogP contribution in [0.2, 0.25) is 0 Å². The Morgan fingerprint density at radius 2 is 2.00 bits per heavy atom. The summed E-state index contributed by atoms with van der Waals surface area (Å²) < 4.78 is 56.6. The van der Waals surface area contributed by atoms with E-state index in [0.717, 1.165) is 10.7 Å². The lowest BCUT2D eigenvalue weighted by atomic mass is 10.0. The minimum Gasteiger partial charge on any atom is -0.467 e. The number of hydrogen-bond donors (Lipinski definition) is 1. The van der Waals surface area contributed by atoms with E-state index < -0.39 is 26.1 Å². The largest absolute Gasteiger partial charge is 0.467 e. The highest BCUT2D eigenvalue weighted by atomic mass is 32.2. The van der Waals surface area contributed by atoms with E-state index in [1.165, 1.54) is 6.26 Å². The minimum absolute atomic E-state index is 0.0866. The standard InChI is InChI=1S/C16H19N3O5S2/c1-3-26(22,23)19-15(16-8-5-9-24-16)11-14(17-19)12-6-4-7-13(10-12)18-25(2,20)21/h4-10,15,18H,3,11H2,1-2H3. The maximum absolute atomic E-state index is 12.4. The molecule has 1 atom stereocenters. The maximum Gasteiger partial charge on any atom is 0.250 e. The lowest BCUT2D eigenvalue weighted by Gasteiger charge is -2.20. The summed E-state index contributed by atoms with van der Waals surface area (Å²) in [7, 11) is -6.99. The lowest BCUT2D eigenvalue weighted by Crippen LogP contribution is -2.28. The number of benzene rings is 1. The Morgan fingerprint density at radius 1 is 1.23 bits per heavy atom. The zero-order chi connectivity index (χ0) is 18.9. The molecule has 1 N–H and O–H groups in total. The van der Waals surface area contributed by atoms with Crippen LogP contribution in [0.1, 0.15) is 30.7 Å². The molecule has 0 fully saturated rings. The molecule has 0 saturated heterocycles. The summed E-state index contributed by atoms with van der Waals surface area (Å²) in [6.45, 7) is 1.55. The lowest BCUT2D eigenvalue weighted by molar-refractivity contribution is 0.320. The molecule has 26 heavy (non-hydrogen) atoms. The Bertz CT molecular complexity index is 1030. The Hall–Kier alpha value is -2.33. The van der Waals surface area contributed by atoms with Crippen LogP contribution in [-0.2, 0) is 20.0 Å². The summed E-state index contributed by atoms with van der Waals surface area (Å²) >= 11 is 0. The number of hydrazone groups is 1. The van der Waals surface area contributed by atoms with E-state index >= 15 is 0 Å². The molecule has 1 aliphatic heterocycles. The van der Waals surface area contributed by atoms with Crippen molar-refractivity contribution in [2.45, 2.75) is 19.4 Å². The predicted octanol–water partition coefficient (Wildman–Crippen LogP) is 2.15. The van der Waals surface area contributed by atoms with E-state index in [1.807, 2.05) is 0 Å². The first-order chi connectivity index (χ1) is 12.2. The number of rotatable bonds is 6. The zero-order valence-electron chi connectivity index (χ0n) is 14.3. The van der Waals surface area contributed by atoms with E-state index in [0.29, 0.717) is 29.1 Å². The van der Waals surface area contributed by atoms with Gasteiger partial charge in [0.1, 0.15) is 11.8 Å². The first-order valence-corrected chi connectivity index (χ1v) is 11.4. The summed E-state index contributed by atoms with van der Waals surface area (Å²) in [6, 6.07) is 9.53. The highest BCUT2D eigenvalue weighted by molar-refractivity contribution is 7.92. The molecule has 0 radical (unpaired) electrons. The Labute approximate surface area is 152 Å². The van der Waals surface area contributed by atoms with Gasteiger partial charge in [0, 0.05) is 12.1 Å². The minimum atomic E-state index is -3.58. The maximum atomic E-state index is 12.4. The van der Waals surface area contributed by atoms with E-state index in [2.05, 4.69) is 9.82 Å². The molecule has 140 valence electrons. The van der Waals surface area contributed by atoms with Crippen molar-refractivity contribution >= 4 is 31.4 Å². The van der Waals surface area contributed by atoms with Crippen molar-refractivity contribution in [2.24, 2.45) is 5.10 Å². The second-order valence-electron chi connectivity index (χ2n) is 5.91. The summed E-state index contributed by atoms with van der Waals surface area (Å²) in [5, 5.41) is 4.30. The molecule has 1 unspecified atom stereocenters. The molecular weight excluding hydrogens is 378 g/mol. The molecule has 2 aromatic rings. The van der Waals surface area contributed by atoms with Crippen molar-refractivity contribution in [1.82, 2.24) is 4.41 Å². The number of hydrogen-bond acceptors (Lipinski definition) is 6. The van der Waals surface area contributed by atoms with E-state index in [1.54, 1.807) is 43.3 Å². The summed E-state index contributed by atoms with van der Waals surface area (Å²) in [6.07, 6.45) is 2.88. The molecule has 0 bridgehead atoms. The molecular formula is C16H19N3O5S2. The summed E-state index contributed by atoms with van der Waals surface area (Å²) in [5.74, 6) is 0.419. The van der Waals surface area contributed by atoms with Gasteiger partial charge in [-0.05, 0) is 36.8 Å². The van der Waals surface area contributed by atoms with Crippen molar-refractivity contribution in [2.75, 3.05) is 16.7 Å². The van der Waals surface area contributed by atoms with Crippen LogP contribution in [0.15, 0.2) is 52.2 Å². The van der Waals surface area contributed by atoms with Gasteiger partial charge in [-0.2, -0.15) is 9.52 Å². The van der Waals surface area contributed by atoms with Gasteiger partial charge in [-0.1, -0.05) is 12.1 Å². The Kier molecular flexibility index (Phi) is 4.80. The van der Waals surface area contributed by atoms with Crippen molar-refractivity contribution in [3.8, 4) is 0 Å². The van der Waals surface area contributed by atoms with E-state index in [-0.39, 0.29) is 5.75 Å². The molecule has 3 rings (SSSR count). The van der Waals surface area contributed by atoms with Gasteiger partial charge in [-0.3, -0.25) is 4.72 Å². The van der Waals surface area contributed by atoms with Gasteiger partial charge in [-0.15, -0.1) is 0 Å². The fourth-order valence-corrected chi connectivity index (χ4v) is 4.33. The van der Waals surface area contributed by atoms with Crippen LogP contribution in [-0.4, -0.2) is 39.0 Å². The molecule has 2 heterocycles. The first-order valence-electron chi connectivity index (χ1n) is 7.91. The quantitative estimate of drug-likeness (QED) is 0.803. The molecule has 0 aliphatic carbocycles. The number of sulfonamides is 2. The summed E-state index contributed by atoms with van der Waals surface area (Å²) in [5.41, 5.74) is 1.57. The van der Waals surface area contributed by atoms with Crippen LogP contribution in [0, 0.1) is 0 Å². The third-order valence-electron chi connectivity index (χ3n) is 3.89. The third-order valence-corrected chi connectivity index (χ3v) is 6.14. The number of nitrogens with zero attached hydrogens (tertiary/aromatic N) is 2. The average molecular weight is 397 g/mol. The topological polar surface area (TPSA) is 109 Å². The fraction of sp³-hybridized carbons (Fsp3) is 0.312. The van der Waals surface area contributed by atoms with E-state index in [9.17, 15) is 16.8 Å². The van der Waals surface area contributed by atoms with Gasteiger partial charge >= 0.3 is 0 Å². The monoisotopic (exact) mass is 397 g/mol. The molecule has 1 aromatic carbocycles. The van der Waals surface area contributed by atoms with Gasteiger partial charge in [0.05, 0.1) is 24.0 Å². The second-order valence-corrected chi connectivity index (χ2v) is 9.77. The Morgan fingerprint density at radius 3 is 2.62 bits per heavy atom. The molecule has 10 heteroatoms. The van der Waals surface area contributed by atoms with Gasteiger partial charge in [0.25, 0.3) is 0 Å². The normalized spacial score (nSPS) is 18.0. The first kappa shape index (κ1) is 18.5. The number of nitrogens with one attached hydrogen (secondary N) is 1. The molecule has 8 nitrogen and oxygen atoms in total. The van der Waals surface area contributed by atoms with Crippen LogP contribution < -0.4 is 4.72 Å². The molecule has 0 spiro atoms. The predicted molar refractivity (Wildman–Crippen MR) is 98.8 cm³/mol. The van der Waals surface area contributed by atoms with Gasteiger partial charge < -0.3 is 4.42 Å². The van der Waals surface area contributed by atoms with Gasteiger partial charge in [-0.25, -0.2) is 16.8 Å². The van der Waals surface area contributed by atoms with Crippen LogP contribution in [0.5, 0.6) is 0 Å². The second kappa shape index (κ2) is 6.76. The van der Waals surface area contributed by atoms with Crippen LogP contribution in [0.4, 0.5) is 5.69 Å². The van der Waals surface area contributed by atoms with Crippen LogP contribution in [0.25, 0.3) is 0 Å². The number of furan rings is 1. The van der Waals surface area contributed by atoms with Crippen molar-refractivity contribution in [3.05, 3.63) is 54.0 Å². The molecule has 1 aliphatic rings. The highest BCUT2D eigenvalue weighted by Crippen LogP contribution is 2.35. The number of anilines is 1. The van der Waals surface area contributed by atoms with Crippen molar-refractivity contribution < 1.29 is 21.3 Å². The molecule has 0 saturated carbocycles. The summed E-state index contributed by atoms with van der Waals surface area (Å²) in [4.78, 5) is 0. The van der Waals surface area contributed by atoms with Gasteiger partial charge in [0.2, 0.25) is 20.0 Å². The smallest absolute Gasteiger partial charge is 0.250 e. The van der Waals surface area contributed by atoms with Crippen LogP contribution in [0.3, 0.4) is 0 Å². The third kappa shape index (κ3) is 3.91. The highest BCUT2D eigenvalue weighted by Gasteiger charge is 2.37. The van der Waals surface area contributed by atoms with Crippen molar-refractivity contribution in [3.63, 3.8) is 0 Å². The molecule has 0 amide bonds. The SMILES string of the molecule is CCS(=O)(=O)N1N=C(c2cccc(NS(C)(=O)=O)c2)CC1c1ccco1. The zero-order valence-corrected chi connectivity index (χ0v) is 15.9. The molecule has 1 aromatic heterocycles. The Balaban J connectivity index is 1.98. The average Bonchev–Trinajstić information content (AvgIpc) is 3.23. The fourth-order valence-electron chi connectivity index (χ4n) is 2.72. The van der Waals surface area contributed by atoms with Crippen molar-refractivity contribution in [1.29, 1.82) is 0 Å². The van der Waals surface area contributed by atoms with Gasteiger partial charge in [0.15, 0.2) is 0 Å². The van der Waals surface area contributed by atoms with Crippen LogP contribution >= 0.6 is 0 Å². The van der Waals surface area contributed by atoms with E-state index in [4.69, 9.17) is 4.42 Å².